The largest absolute Gasteiger partial charge is 0.343 e. The summed E-state index contributed by atoms with van der Waals surface area (Å²) in [7, 11) is 0. The smallest absolute Gasteiger partial charge is 0.267 e. The fourth-order valence-electron chi connectivity index (χ4n) is 2.86. The summed E-state index contributed by atoms with van der Waals surface area (Å²) < 4.78 is 1.50. The second-order valence-corrected chi connectivity index (χ2v) is 6.99. The van der Waals surface area contributed by atoms with E-state index in [1.165, 1.54) is 16.3 Å². The van der Waals surface area contributed by atoms with Crippen LogP contribution in [0.3, 0.4) is 0 Å². The summed E-state index contributed by atoms with van der Waals surface area (Å²) in [6, 6.07) is 12.7. The van der Waals surface area contributed by atoms with E-state index in [4.69, 9.17) is 0 Å². The maximum absolute atomic E-state index is 13.1. The van der Waals surface area contributed by atoms with Crippen molar-refractivity contribution in [3.05, 3.63) is 58.5 Å². The monoisotopic (exact) mass is 382 g/mol. The van der Waals surface area contributed by atoms with E-state index in [0.717, 1.165) is 5.69 Å². The molecule has 0 radical (unpaired) electrons. The van der Waals surface area contributed by atoms with Gasteiger partial charge in [-0.25, -0.2) is 14.5 Å². The Morgan fingerprint density at radius 2 is 1.81 bits per heavy atom. The zero-order valence-corrected chi connectivity index (χ0v) is 16.5. The fraction of sp³-hybridized carbons (Fsp3) is 0.300. The summed E-state index contributed by atoms with van der Waals surface area (Å²) in [6.45, 7) is 7.10. The molecule has 0 N–H and O–H groups in total. The standard InChI is InChI=1S/C20H22N4O2S/c1-4-23(5-2)18(25)13-27-20-22-16-11-7-6-10-15(16)19(26)24(20)17-12-8-9-14(3)21-17/h6-12H,4-5,13H2,1-3H3. The SMILES string of the molecule is CCN(CC)C(=O)CSc1nc2ccccc2c(=O)n1-c1cccc(C)n1. The average molecular weight is 382 g/mol. The summed E-state index contributed by atoms with van der Waals surface area (Å²) >= 11 is 1.26. The first-order valence-corrected chi connectivity index (χ1v) is 9.90. The molecule has 0 spiro atoms. The number of aromatic nitrogens is 3. The number of hydrogen-bond donors (Lipinski definition) is 0. The second-order valence-electron chi connectivity index (χ2n) is 6.04. The van der Waals surface area contributed by atoms with Crippen LogP contribution in [0.1, 0.15) is 19.5 Å². The van der Waals surface area contributed by atoms with Gasteiger partial charge in [0.25, 0.3) is 5.56 Å². The third kappa shape index (κ3) is 4.03. The van der Waals surface area contributed by atoms with Crippen molar-refractivity contribution in [1.29, 1.82) is 0 Å². The number of hydrogen-bond acceptors (Lipinski definition) is 5. The molecule has 0 bridgehead atoms. The Morgan fingerprint density at radius 3 is 2.52 bits per heavy atom. The van der Waals surface area contributed by atoms with Gasteiger partial charge in [-0.15, -0.1) is 0 Å². The minimum atomic E-state index is -0.184. The lowest BCUT2D eigenvalue weighted by Gasteiger charge is -2.18. The van der Waals surface area contributed by atoms with Crippen molar-refractivity contribution in [3.63, 3.8) is 0 Å². The van der Waals surface area contributed by atoms with Crippen molar-refractivity contribution in [2.75, 3.05) is 18.8 Å². The molecule has 0 fully saturated rings. The summed E-state index contributed by atoms with van der Waals surface area (Å²) in [4.78, 5) is 36.4. The number of aryl methyl sites for hydroxylation is 1. The summed E-state index contributed by atoms with van der Waals surface area (Å²) in [5.41, 5.74) is 1.24. The Kier molecular flexibility index (Phi) is 5.91. The van der Waals surface area contributed by atoms with Crippen molar-refractivity contribution in [3.8, 4) is 5.82 Å². The molecule has 0 saturated carbocycles. The highest BCUT2D eigenvalue weighted by atomic mass is 32.2. The van der Waals surface area contributed by atoms with Crippen molar-refractivity contribution in [2.45, 2.75) is 25.9 Å². The first kappa shape index (κ1) is 19.1. The van der Waals surface area contributed by atoms with Gasteiger partial charge in [-0.3, -0.25) is 9.59 Å². The first-order valence-electron chi connectivity index (χ1n) is 8.91. The van der Waals surface area contributed by atoms with Gasteiger partial charge in [-0.1, -0.05) is 30.0 Å². The molecule has 1 aromatic carbocycles. The number of para-hydroxylation sites is 1. The number of amides is 1. The Labute approximate surface area is 162 Å². The predicted molar refractivity (Wildman–Crippen MR) is 109 cm³/mol. The van der Waals surface area contributed by atoms with Gasteiger partial charge in [0.2, 0.25) is 5.91 Å². The maximum Gasteiger partial charge on any atom is 0.267 e. The number of carbonyl (C=O) groups is 1. The number of fused-ring (bicyclic) bond motifs is 1. The molecule has 1 amide bonds. The van der Waals surface area contributed by atoms with Crippen LogP contribution in [0.2, 0.25) is 0 Å². The number of nitrogens with zero attached hydrogens (tertiary/aromatic N) is 4. The number of pyridine rings is 1. The zero-order chi connectivity index (χ0) is 19.4. The molecule has 6 nitrogen and oxygen atoms in total. The van der Waals surface area contributed by atoms with Crippen LogP contribution in [-0.4, -0.2) is 44.2 Å². The molecular weight excluding hydrogens is 360 g/mol. The Bertz CT molecular complexity index is 1030. The molecule has 0 aliphatic heterocycles. The predicted octanol–water partition coefficient (Wildman–Crippen LogP) is 3.05. The normalized spacial score (nSPS) is 10.9. The summed E-state index contributed by atoms with van der Waals surface area (Å²) in [5.74, 6) is 0.755. The van der Waals surface area contributed by atoms with Gasteiger partial charge in [0.1, 0.15) is 5.82 Å². The van der Waals surface area contributed by atoms with Crippen LogP contribution in [-0.2, 0) is 4.79 Å². The van der Waals surface area contributed by atoms with Crippen molar-refractivity contribution < 1.29 is 4.79 Å². The molecule has 0 aliphatic carbocycles. The van der Waals surface area contributed by atoms with E-state index in [1.54, 1.807) is 23.1 Å². The van der Waals surface area contributed by atoms with Crippen LogP contribution in [0.25, 0.3) is 16.7 Å². The number of thioether (sulfide) groups is 1. The van der Waals surface area contributed by atoms with E-state index in [2.05, 4.69) is 9.97 Å². The number of carbonyl (C=O) groups excluding carboxylic acids is 1. The highest BCUT2D eigenvalue weighted by Gasteiger charge is 2.17. The third-order valence-corrected chi connectivity index (χ3v) is 5.21. The lowest BCUT2D eigenvalue weighted by atomic mass is 10.2. The zero-order valence-electron chi connectivity index (χ0n) is 15.7. The fourth-order valence-corrected chi connectivity index (χ4v) is 3.76. The summed E-state index contributed by atoms with van der Waals surface area (Å²) in [5, 5.41) is 0.998. The minimum Gasteiger partial charge on any atom is -0.343 e. The second kappa shape index (κ2) is 8.35. The van der Waals surface area contributed by atoms with Crippen molar-refractivity contribution in [1.82, 2.24) is 19.4 Å². The van der Waals surface area contributed by atoms with Crippen LogP contribution >= 0.6 is 11.8 Å². The number of benzene rings is 1. The average Bonchev–Trinajstić information content (AvgIpc) is 2.67. The Hall–Kier alpha value is -2.67. The van der Waals surface area contributed by atoms with Crippen LogP contribution in [0, 0.1) is 6.92 Å². The van der Waals surface area contributed by atoms with Crippen molar-refractivity contribution >= 4 is 28.6 Å². The molecule has 0 saturated heterocycles. The first-order chi connectivity index (χ1) is 13.0. The topological polar surface area (TPSA) is 68.1 Å². The molecule has 2 aromatic heterocycles. The third-order valence-electron chi connectivity index (χ3n) is 4.29. The molecule has 0 aliphatic rings. The highest BCUT2D eigenvalue weighted by Crippen LogP contribution is 2.21. The quantitative estimate of drug-likeness (QED) is 0.484. The molecule has 3 aromatic rings. The van der Waals surface area contributed by atoms with E-state index in [1.807, 2.05) is 45.0 Å². The lowest BCUT2D eigenvalue weighted by Crippen LogP contribution is -2.32. The number of rotatable bonds is 6. The van der Waals surface area contributed by atoms with Gasteiger partial charge in [0.15, 0.2) is 5.16 Å². The van der Waals surface area contributed by atoms with E-state index >= 15 is 0 Å². The maximum atomic E-state index is 13.1. The Balaban J connectivity index is 2.09. The molecular formula is C20H22N4O2S. The van der Waals surface area contributed by atoms with Gasteiger partial charge in [-0.05, 0) is 45.0 Å². The highest BCUT2D eigenvalue weighted by molar-refractivity contribution is 7.99. The molecule has 2 heterocycles. The molecule has 0 unspecified atom stereocenters. The molecule has 3 rings (SSSR count). The van der Waals surface area contributed by atoms with Crippen LogP contribution in [0.15, 0.2) is 52.4 Å². The molecule has 0 atom stereocenters. The molecule has 7 heteroatoms. The van der Waals surface area contributed by atoms with Gasteiger partial charge in [-0.2, -0.15) is 0 Å². The van der Waals surface area contributed by atoms with Gasteiger partial charge in [0.05, 0.1) is 16.7 Å². The van der Waals surface area contributed by atoms with E-state index in [0.29, 0.717) is 35.0 Å². The van der Waals surface area contributed by atoms with Gasteiger partial charge < -0.3 is 4.90 Å². The molecule has 140 valence electrons. The Morgan fingerprint density at radius 1 is 1.07 bits per heavy atom. The van der Waals surface area contributed by atoms with Crippen LogP contribution < -0.4 is 5.56 Å². The summed E-state index contributed by atoms with van der Waals surface area (Å²) in [6.07, 6.45) is 0. The van der Waals surface area contributed by atoms with E-state index in [-0.39, 0.29) is 17.2 Å². The molecule has 27 heavy (non-hydrogen) atoms. The van der Waals surface area contributed by atoms with Crippen molar-refractivity contribution in [2.24, 2.45) is 0 Å². The minimum absolute atomic E-state index is 0.0242. The lowest BCUT2D eigenvalue weighted by molar-refractivity contribution is -0.127. The van der Waals surface area contributed by atoms with Crippen LogP contribution in [0.4, 0.5) is 0 Å². The van der Waals surface area contributed by atoms with Gasteiger partial charge in [0, 0.05) is 18.8 Å². The van der Waals surface area contributed by atoms with E-state index in [9.17, 15) is 9.59 Å². The van der Waals surface area contributed by atoms with E-state index < -0.39 is 0 Å². The van der Waals surface area contributed by atoms with Crippen LogP contribution in [0.5, 0.6) is 0 Å². The van der Waals surface area contributed by atoms with Gasteiger partial charge >= 0.3 is 0 Å².